The van der Waals surface area contributed by atoms with Crippen LogP contribution >= 0.6 is 0 Å². The molecular weight excluding hydrogens is 316 g/mol. The standard InChI is InChI=1S/C20H20N2O3/c1-13-7-9-16(10-8-13)22-20(24)14(2)25-19(23)11-15-12-21-18-6-4-3-5-17(15)18/h3-10,12,14,21H,11H2,1-2H3,(H,22,24)/t14-/m0/s1. The first-order valence-corrected chi connectivity index (χ1v) is 8.15. The largest absolute Gasteiger partial charge is 0.452 e. The van der Waals surface area contributed by atoms with Gasteiger partial charge in [-0.1, -0.05) is 35.9 Å². The normalized spacial score (nSPS) is 11.9. The molecule has 0 radical (unpaired) electrons. The third kappa shape index (κ3) is 4.07. The number of para-hydroxylation sites is 1. The minimum Gasteiger partial charge on any atom is -0.452 e. The molecule has 1 atom stereocenters. The van der Waals surface area contributed by atoms with Gasteiger partial charge in [0.15, 0.2) is 6.10 Å². The minimum atomic E-state index is -0.862. The van der Waals surface area contributed by atoms with E-state index in [2.05, 4.69) is 10.3 Å². The van der Waals surface area contributed by atoms with E-state index in [1.54, 1.807) is 13.1 Å². The molecule has 0 unspecified atom stereocenters. The molecule has 3 rings (SSSR count). The molecule has 2 aromatic carbocycles. The Labute approximate surface area is 146 Å². The smallest absolute Gasteiger partial charge is 0.311 e. The van der Waals surface area contributed by atoms with Crippen LogP contribution in [0.4, 0.5) is 5.69 Å². The van der Waals surface area contributed by atoms with Crippen LogP contribution in [0.1, 0.15) is 18.1 Å². The zero-order chi connectivity index (χ0) is 17.8. The number of amides is 1. The maximum atomic E-state index is 12.2. The Hall–Kier alpha value is -3.08. The third-order valence-corrected chi connectivity index (χ3v) is 4.01. The molecule has 0 saturated heterocycles. The predicted molar refractivity (Wildman–Crippen MR) is 97.4 cm³/mol. The van der Waals surface area contributed by atoms with E-state index < -0.39 is 12.1 Å². The van der Waals surface area contributed by atoms with Crippen LogP contribution in [-0.4, -0.2) is 23.0 Å². The van der Waals surface area contributed by atoms with Crippen molar-refractivity contribution in [1.29, 1.82) is 0 Å². The number of anilines is 1. The number of fused-ring (bicyclic) bond motifs is 1. The van der Waals surface area contributed by atoms with E-state index in [4.69, 9.17) is 4.74 Å². The topological polar surface area (TPSA) is 71.2 Å². The molecule has 0 saturated carbocycles. The lowest BCUT2D eigenvalue weighted by atomic mass is 10.1. The number of aryl methyl sites for hydroxylation is 1. The number of carbonyl (C=O) groups excluding carboxylic acids is 2. The fourth-order valence-corrected chi connectivity index (χ4v) is 2.61. The maximum Gasteiger partial charge on any atom is 0.311 e. The number of benzene rings is 2. The van der Waals surface area contributed by atoms with Crippen LogP contribution in [0.3, 0.4) is 0 Å². The third-order valence-electron chi connectivity index (χ3n) is 4.01. The molecule has 0 aliphatic rings. The van der Waals surface area contributed by atoms with E-state index in [9.17, 15) is 9.59 Å². The molecule has 1 heterocycles. The van der Waals surface area contributed by atoms with Gasteiger partial charge in [-0.2, -0.15) is 0 Å². The van der Waals surface area contributed by atoms with Crippen LogP contribution < -0.4 is 5.32 Å². The van der Waals surface area contributed by atoms with Crippen LogP contribution in [0.25, 0.3) is 10.9 Å². The van der Waals surface area contributed by atoms with Gasteiger partial charge < -0.3 is 15.0 Å². The van der Waals surface area contributed by atoms with Crippen molar-refractivity contribution in [3.8, 4) is 0 Å². The zero-order valence-corrected chi connectivity index (χ0v) is 14.2. The highest BCUT2D eigenvalue weighted by Gasteiger charge is 2.19. The van der Waals surface area contributed by atoms with E-state index in [1.807, 2.05) is 55.5 Å². The SMILES string of the molecule is Cc1ccc(NC(=O)[C@H](C)OC(=O)Cc2c[nH]c3ccccc23)cc1. The average molecular weight is 336 g/mol. The predicted octanol–water partition coefficient (Wildman–Crippen LogP) is 3.59. The molecule has 1 aromatic heterocycles. The first kappa shape index (κ1) is 16.8. The second-order valence-corrected chi connectivity index (χ2v) is 6.02. The molecule has 2 N–H and O–H groups in total. The highest BCUT2D eigenvalue weighted by molar-refractivity contribution is 5.95. The van der Waals surface area contributed by atoms with Gasteiger partial charge in [-0.15, -0.1) is 0 Å². The zero-order valence-electron chi connectivity index (χ0n) is 14.2. The number of aromatic amines is 1. The van der Waals surface area contributed by atoms with Crippen LogP contribution in [0.2, 0.25) is 0 Å². The van der Waals surface area contributed by atoms with Crippen molar-refractivity contribution in [2.24, 2.45) is 0 Å². The van der Waals surface area contributed by atoms with Gasteiger partial charge >= 0.3 is 5.97 Å². The number of nitrogens with one attached hydrogen (secondary N) is 2. The average Bonchev–Trinajstić information content (AvgIpc) is 3.00. The number of esters is 1. The summed E-state index contributed by atoms with van der Waals surface area (Å²) in [5, 5.41) is 3.72. The van der Waals surface area contributed by atoms with Gasteiger partial charge in [0.05, 0.1) is 6.42 Å². The molecule has 3 aromatic rings. The van der Waals surface area contributed by atoms with Crippen molar-refractivity contribution >= 4 is 28.5 Å². The highest BCUT2D eigenvalue weighted by atomic mass is 16.5. The summed E-state index contributed by atoms with van der Waals surface area (Å²) in [5.41, 5.74) is 3.61. The number of hydrogen-bond donors (Lipinski definition) is 2. The quantitative estimate of drug-likeness (QED) is 0.700. The lowest BCUT2D eigenvalue weighted by molar-refractivity contribution is -0.152. The van der Waals surface area contributed by atoms with Crippen LogP contribution in [0, 0.1) is 6.92 Å². The molecule has 0 aliphatic carbocycles. The number of H-pyrrole nitrogens is 1. The van der Waals surface area contributed by atoms with E-state index >= 15 is 0 Å². The second-order valence-electron chi connectivity index (χ2n) is 6.02. The Morgan fingerprint density at radius 2 is 1.84 bits per heavy atom. The molecule has 0 aliphatic heterocycles. The summed E-state index contributed by atoms with van der Waals surface area (Å²) in [7, 11) is 0. The van der Waals surface area contributed by atoms with Crippen molar-refractivity contribution in [1.82, 2.24) is 4.98 Å². The monoisotopic (exact) mass is 336 g/mol. The lowest BCUT2D eigenvalue weighted by Crippen LogP contribution is -2.30. The summed E-state index contributed by atoms with van der Waals surface area (Å²) in [6, 6.07) is 15.2. The Balaban J connectivity index is 1.58. The van der Waals surface area contributed by atoms with E-state index in [1.165, 1.54) is 0 Å². The van der Waals surface area contributed by atoms with Crippen molar-refractivity contribution in [3.63, 3.8) is 0 Å². The van der Waals surface area contributed by atoms with Gasteiger partial charge in [0.25, 0.3) is 5.91 Å². The number of carbonyl (C=O) groups is 2. The fraction of sp³-hybridized carbons (Fsp3) is 0.200. The first-order chi connectivity index (χ1) is 12.0. The van der Waals surface area contributed by atoms with Gasteiger partial charge in [-0.25, -0.2) is 0 Å². The van der Waals surface area contributed by atoms with E-state index in [0.717, 1.165) is 22.0 Å². The highest BCUT2D eigenvalue weighted by Crippen LogP contribution is 2.18. The van der Waals surface area contributed by atoms with Crippen LogP contribution in [0.5, 0.6) is 0 Å². The van der Waals surface area contributed by atoms with Crippen LogP contribution in [-0.2, 0) is 20.7 Å². The first-order valence-electron chi connectivity index (χ1n) is 8.15. The molecule has 0 spiro atoms. The second kappa shape index (κ2) is 7.21. The summed E-state index contributed by atoms with van der Waals surface area (Å²) < 4.78 is 5.27. The molecule has 0 bridgehead atoms. The van der Waals surface area contributed by atoms with Gasteiger partial charge in [0.1, 0.15) is 0 Å². The van der Waals surface area contributed by atoms with Crippen molar-refractivity contribution in [3.05, 3.63) is 65.9 Å². The van der Waals surface area contributed by atoms with E-state index in [0.29, 0.717) is 5.69 Å². The van der Waals surface area contributed by atoms with Gasteiger partial charge in [-0.05, 0) is 37.6 Å². The minimum absolute atomic E-state index is 0.117. The number of aromatic nitrogens is 1. The fourth-order valence-electron chi connectivity index (χ4n) is 2.61. The molecule has 0 fully saturated rings. The summed E-state index contributed by atoms with van der Waals surface area (Å²) in [6.07, 6.45) is 1.05. The summed E-state index contributed by atoms with van der Waals surface area (Å²) in [5.74, 6) is -0.785. The molecule has 5 nitrogen and oxygen atoms in total. The number of ether oxygens (including phenoxy) is 1. The van der Waals surface area contributed by atoms with Gasteiger partial charge in [-0.3, -0.25) is 9.59 Å². The van der Waals surface area contributed by atoms with Gasteiger partial charge in [0.2, 0.25) is 0 Å². The Kier molecular flexibility index (Phi) is 4.84. The van der Waals surface area contributed by atoms with Gasteiger partial charge in [0, 0.05) is 22.8 Å². The summed E-state index contributed by atoms with van der Waals surface area (Å²) in [4.78, 5) is 27.4. The van der Waals surface area contributed by atoms with Crippen molar-refractivity contribution < 1.29 is 14.3 Å². The Morgan fingerprint density at radius 1 is 1.12 bits per heavy atom. The molecule has 5 heteroatoms. The lowest BCUT2D eigenvalue weighted by Gasteiger charge is -2.13. The summed E-state index contributed by atoms with van der Waals surface area (Å²) in [6.45, 7) is 3.54. The Bertz CT molecular complexity index is 897. The van der Waals surface area contributed by atoms with E-state index in [-0.39, 0.29) is 12.3 Å². The molecule has 25 heavy (non-hydrogen) atoms. The molecular formula is C20H20N2O3. The maximum absolute atomic E-state index is 12.2. The number of hydrogen-bond acceptors (Lipinski definition) is 3. The van der Waals surface area contributed by atoms with Crippen molar-refractivity contribution in [2.75, 3.05) is 5.32 Å². The van der Waals surface area contributed by atoms with Crippen molar-refractivity contribution in [2.45, 2.75) is 26.4 Å². The Morgan fingerprint density at radius 3 is 2.60 bits per heavy atom. The number of rotatable bonds is 5. The molecule has 128 valence electrons. The summed E-state index contributed by atoms with van der Waals surface area (Å²) >= 11 is 0. The van der Waals surface area contributed by atoms with Crippen LogP contribution in [0.15, 0.2) is 54.7 Å². The molecule has 1 amide bonds.